The first-order chi connectivity index (χ1) is 9.45. The molecule has 0 saturated heterocycles. The van der Waals surface area contributed by atoms with Gasteiger partial charge in [-0.15, -0.1) is 0 Å². The summed E-state index contributed by atoms with van der Waals surface area (Å²) in [6, 6.07) is 7.64. The highest BCUT2D eigenvalue weighted by Crippen LogP contribution is 2.42. The number of hydrogen-bond donors (Lipinski definition) is 2. The number of hydrogen-bond acceptors (Lipinski definition) is 4. The first kappa shape index (κ1) is 15.3. The summed E-state index contributed by atoms with van der Waals surface area (Å²) < 4.78 is 5.26. The van der Waals surface area contributed by atoms with Gasteiger partial charge in [0.2, 0.25) is 0 Å². The van der Waals surface area contributed by atoms with Crippen molar-refractivity contribution in [1.29, 1.82) is 0 Å². The van der Waals surface area contributed by atoms with Crippen molar-refractivity contribution >= 4 is 0 Å². The minimum absolute atomic E-state index is 0.0216. The van der Waals surface area contributed by atoms with Crippen molar-refractivity contribution in [3.8, 4) is 5.75 Å². The van der Waals surface area contributed by atoms with Gasteiger partial charge in [0.1, 0.15) is 5.75 Å². The summed E-state index contributed by atoms with van der Waals surface area (Å²) in [6.45, 7) is 0.755. The third kappa shape index (κ3) is 3.14. The summed E-state index contributed by atoms with van der Waals surface area (Å²) in [4.78, 5) is 2.06. The second-order valence-corrected chi connectivity index (χ2v) is 6.04. The van der Waals surface area contributed by atoms with Crippen LogP contribution in [-0.4, -0.2) is 49.0 Å². The van der Waals surface area contributed by atoms with Crippen molar-refractivity contribution in [2.45, 2.75) is 31.0 Å². The lowest BCUT2D eigenvalue weighted by Gasteiger charge is -2.43. The van der Waals surface area contributed by atoms with E-state index in [0.29, 0.717) is 19.3 Å². The van der Waals surface area contributed by atoms with Crippen LogP contribution in [-0.2, 0) is 5.60 Å². The lowest BCUT2D eigenvalue weighted by molar-refractivity contribution is -0.0921. The minimum atomic E-state index is -0.891. The zero-order valence-electron chi connectivity index (χ0n) is 12.5. The summed E-state index contributed by atoms with van der Waals surface area (Å²) in [5, 5.41) is 21.1. The van der Waals surface area contributed by atoms with Gasteiger partial charge in [0.25, 0.3) is 0 Å². The van der Waals surface area contributed by atoms with Crippen LogP contribution in [0.3, 0.4) is 0 Å². The molecule has 0 bridgehead atoms. The van der Waals surface area contributed by atoms with Crippen molar-refractivity contribution in [1.82, 2.24) is 4.90 Å². The molecule has 4 heteroatoms. The smallest absolute Gasteiger partial charge is 0.119 e. The number of aliphatic hydroxyl groups excluding tert-OH is 1. The molecular formula is C16H25NO3. The normalized spacial score (nSPS) is 30.5. The van der Waals surface area contributed by atoms with E-state index in [1.165, 1.54) is 0 Å². The van der Waals surface area contributed by atoms with E-state index in [2.05, 4.69) is 4.90 Å². The van der Waals surface area contributed by atoms with E-state index in [1.807, 2.05) is 38.4 Å². The van der Waals surface area contributed by atoms with Crippen LogP contribution >= 0.6 is 0 Å². The Morgan fingerprint density at radius 3 is 2.80 bits per heavy atom. The van der Waals surface area contributed by atoms with Gasteiger partial charge in [-0.2, -0.15) is 0 Å². The number of aliphatic hydroxyl groups is 2. The highest BCUT2D eigenvalue weighted by molar-refractivity contribution is 5.33. The summed E-state index contributed by atoms with van der Waals surface area (Å²) in [6.07, 6.45) is 1.54. The van der Waals surface area contributed by atoms with E-state index < -0.39 is 5.60 Å². The average Bonchev–Trinajstić information content (AvgIpc) is 2.42. The lowest BCUT2D eigenvalue weighted by Crippen LogP contribution is -2.46. The topological polar surface area (TPSA) is 52.9 Å². The van der Waals surface area contributed by atoms with Crippen molar-refractivity contribution < 1.29 is 14.9 Å². The Hall–Kier alpha value is -1.10. The van der Waals surface area contributed by atoms with Gasteiger partial charge in [0.05, 0.1) is 18.8 Å². The van der Waals surface area contributed by atoms with Crippen molar-refractivity contribution in [3.63, 3.8) is 0 Å². The van der Waals surface area contributed by atoms with Crippen LogP contribution in [0.15, 0.2) is 24.3 Å². The van der Waals surface area contributed by atoms with Gasteiger partial charge in [0.15, 0.2) is 0 Å². The third-order valence-corrected chi connectivity index (χ3v) is 4.25. The summed E-state index contributed by atoms with van der Waals surface area (Å²) >= 11 is 0. The van der Waals surface area contributed by atoms with Gasteiger partial charge in [0, 0.05) is 12.5 Å². The maximum absolute atomic E-state index is 11.2. The summed E-state index contributed by atoms with van der Waals surface area (Å²) in [7, 11) is 5.62. The molecule has 0 spiro atoms. The number of nitrogens with zero attached hydrogens (tertiary/aromatic N) is 1. The largest absolute Gasteiger partial charge is 0.497 e. The molecule has 1 fully saturated rings. The van der Waals surface area contributed by atoms with Gasteiger partial charge in [-0.25, -0.2) is 0 Å². The summed E-state index contributed by atoms with van der Waals surface area (Å²) in [5.41, 5.74) is -0.00602. The second-order valence-electron chi connectivity index (χ2n) is 6.04. The van der Waals surface area contributed by atoms with Gasteiger partial charge < -0.3 is 19.8 Å². The molecule has 2 rings (SSSR count). The van der Waals surface area contributed by atoms with Crippen LogP contribution in [0.25, 0.3) is 0 Å². The molecule has 0 aliphatic heterocycles. The molecule has 2 N–H and O–H groups in total. The highest BCUT2D eigenvalue weighted by atomic mass is 16.5. The number of benzene rings is 1. The maximum Gasteiger partial charge on any atom is 0.119 e. The van der Waals surface area contributed by atoms with Crippen LogP contribution in [0.4, 0.5) is 0 Å². The van der Waals surface area contributed by atoms with E-state index in [-0.39, 0.29) is 12.0 Å². The standard InChI is InChI=1S/C16H25NO3/c1-17(2)11-13-9-14(18)7-8-16(13,19)12-5-4-6-15(10-12)20-3/h4-6,10,13-14,18-19H,7-9,11H2,1-3H3/t13-,14+,16+/m0/s1. The molecule has 0 radical (unpaired) electrons. The van der Waals surface area contributed by atoms with Gasteiger partial charge in [-0.05, 0) is 51.1 Å². The molecular weight excluding hydrogens is 254 g/mol. The molecule has 1 saturated carbocycles. The van der Waals surface area contributed by atoms with Gasteiger partial charge in [-0.1, -0.05) is 12.1 Å². The number of ether oxygens (including phenoxy) is 1. The van der Waals surface area contributed by atoms with Gasteiger partial charge >= 0.3 is 0 Å². The van der Waals surface area contributed by atoms with Gasteiger partial charge in [-0.3, -0.25) is 0 Å². The Bertz CT molecular complexity index is 447. The predicted molar refractivity (Wildman–Crippen MR) is 78.8 cm³/mol. The van der Waals surface area contributed by atoms with Crippen LogP contribution in [0.1, 0.15) is 24.8 Å². The Kier molecular flexibility index (Phi) is 4.68. The molecule has 1 aromatic carbocycles. The van der Waals surface area contributed by atoms with Crippen LogP contribution in [0.5, 0.6) is 5.75 Å². The van der Waals surface area contributed by atoms with Crippen LogP contribution in [0, 0.1) is 5.92 Å². The van der Waals surface area contributed by atoms with E-state index in [4.69, 9.17) is 4.74 Å². The summed E-state index contributed by atoms with van der Waals surface area (Å²) in [5.74, 6) is 0.777. The molecule has 4 nitrogen and oxygen atoms in total. The zero-order valence-corrected chi connectivity index (χ0v) is 12.5. The SMILES string of the molecule is COc1cccc([C@]2(O)CC[C@@H](O)C[C@H]2CN(C)C)c1. The molecule has 0 heterocycles. The van der Waals surface area contributed by atoms with Crippen LogP contribution < -0.4 is 4.74 Å². The molecule has 1 aliphatic carbocycles. The quantitative estimate of drug-likeness (QED) is 0.879. The lowest BCUT2D eigenvalue weighted by atomic mass is 9.70. The van der Waals surface area contributed by atoms with E-state index in [9.17, 15) is 10.2 Å². The second kappa shape index (κ2) is 6.12. The highest BCUT2D eigenvalue weighted by Gasteiger charge is 2.43. The van der Waals surface area contributed by atoms with E-state index in [0.717, 1.165) is 17.9 Å². The molecule has 0 aromatic heterocycles. The molecule has 1 aliphatic rings. The maximum atomic E-state index is 11.2. The predicted octanol–water partition coefficient (Wildman–Crippen LogP) is 1.61. The molecule has 1 aromatic rings. The van der Waals surface area contributed by atoms with E-state index >= 15 is 0 Å². The van der Waals surface area contributed by atoms with E-state index in [1.54, 1.807) is 7.11 Å². The monoisotopic (exact) mass is 279 g/mol. The van der Waals surface area contributed by atoms with Crippen LogP contribution in [0.2, 0.25) is 0 Å². The molecule has 20 heavy (non-hydrogen) atoms. The number of methoxy groups -OCH3 is 1. The first-order valence-electron chi connectivity index (χ1n) is 7.15. The Morgan fingerprint density at radius 1 is 1.40 bits per heavy atom. The third-order valence-electron chi connectivity index (χ3n) is 4.25. The molecule has 0 unspecified atom stereocenters. The van der Waals surface area contributed by atoms with Crippen molar-refractivity contribution in [2.24, 2.45) is 5.92 Å². The minimum Gasteiger partial charge on any atom is -0.497 e. The molecule has 0 amide bonds. The Labute approximate surface area is 121 Å². The average molecular weight is 279 g/mol. The number of rotatable bonds is 4. The first-order valence-corrected chi connectivity index (χ1v) is 7.15. The fourth-order valence-electron chi connectivity index (χ4n) is 3.17. The fraction of sp³-hybridized carbons (Fsp3) is 0.625. The fourth-order valence-corrected chi connectivity index (χ4v) is 3.17. The molecule has 3 atom stereocenters. The Balaban J connectivity index is 2.32. The zero-order chi connectivity index (χ0) is 14.8. The van der Waals surface area contributed by atoms with Crippen molar-refractivity contribution in [2.75, 3.05) is 27.7 Å². The van der Waals surface area contributed by atoms with Crippen molar-refractivity contribution in [3.05, 3.63) is 29.8 Å². The Morgan fingerprint density at radius 2 is 2.15 bits per heavy atom. The molecule has 112 valence electrons.